The average Bonchev–Trinajstić information content (AvgIpc) is 2.84. The lowest BCUT2D eigenvalue weighted by molar-refractivity contribution is -0.116. The maximum absolute atomic E-state index is 12.6. The van der Waals surface area contributed by atoms with Crippen LogP contribution in [0.2, 0.25) is 0 Å². The van der Waals surface area contributed by atoms with Crippen LogP contribution in [0.25, 0.3) is 5.69 Å². The van der Waals surface area contributed by atoms with Gasteiger partial charge in [0.25, 0.3) is 17.4 Å². The summed E-state index contributed by atoms with van der Waals surface area (Å²) in [6.07, 6.45) is 1.01. The molecule has 0 unspecified atom stereocenters. The fourth-order valence-corrected chi connectivity index (χ4v) is 2.90. The second-order valence-corrected chi connectivity index (χ2v) is 6.09. The molecule has 0 saturated carbocycles. The Balaban J connectivity index is 2.22. The van der Waals surface area contributed by atoms with Gasteiger partial charge in [-0.25, -0.2) is 0 Å². The molecule has 8 heteroatoms. The van der Waals surface area contributed by atoms with Crippen LogP contribution in [-0.2, 0) is 4.79 Å². The van der Waals surface area contributed by atoms with Gasteiger partial charge in [0, 0.05) is 12.5 Å². The summed E-state index contributed by atoms with van der Waals surface area (Å²) in [5.74, 6) is -1.65. The number of anilines is 2. The standard InChI is InChI=1S/C18H18N4O4/c1-3-4-13(23)20-11-6-5-9(2)7-12(11)22-14(24)8-10-15(16(22)19)18(26)21-17(10)25/h5-8H,3-4,19H2,1-2H3,(H,20,23)(H,21,25,26). The van der Waals surface area contributed by atoms with Gasteiger partial charge in [-0.1, -0.05) is 13.0 Å². The number of hydrogen-bond donors (Lipinski definition) is 3. The lowest BCUT2D eigenvalue weighted by Gasteiger charge is -2.17. The van der Waals surface area contributed by atoms with Crippen LogP contribution < -0.4 is 21.9 Å². The van der Waals surface area contributed by atoms with Crippen molar-refractivity contribution in [3.8, 4) is 5.69 Å². The van der Waals surface area contributed by atoms with Crippen molar-refractivity contribution in [1.29, 1.82) is 0 Å². The van der Waals surface area contributed by atoms with Crippen molar-refractivity contribution in [2.24, 2.45) is 0 Å². The number of nitrogen functional groups attached to an aromatic ring is 1. The Bertz CT molecular complexity index is 1010. The Kier molecular flexibility index (Phi) is 4.33. The minimum absolute atomic E-state index is 0.0399. The second-order valence-electron chi connectivity index (χ2n) is 6.09. The predicted molar refractivity (Wildman–Crippen MR) is 96.5 cm³/mol. The topological polar surface area (TPSA) is 123 Å². The monoisotopic (exact) mass is 354 g/mol. The van der Waals surface area contributed by atoms with Crippen LogP contribution in [0.15, 0.2) is 29.1 Å². The molecule has 0 atom stereocenters. The molecule has 4 N–H and O–H groups in total. The maximum atomic E-state index is 12.6. The van der Waals surface area contributed by atoms with E-state index in [0.29, 0.717) is 24.2 Å². The lowest BCUT2D eigenvalue weighted by Crippen LogP contribution is -2.25. The fourth-order valence-electron chi connectivity index (χ4n) is 2.90. The van der Waals surface area contributed by atoms with E-state index in [-0.39, 0.29) is 22.9 Å². The van der Waals surface area contributed by atoms with Gasteiger partial charge in [0.15, 0.2) is 0 Å². The number of amides is 3. The van der Waals surface area contributed by atoms with Gasteiger partial charge >= 0.3 is 0 Å². The van der Waals surface area contributed by atoms with Crippen LogP contribution in [-0.4, -0.2) is 22.3 Å². The van der Waals surface area contributed by atoms with Crippen LogP contribution in [0.1, 0.15) is 46.0 Å². The Morgan fingerprint density at radius 3 is 2.62 bits per heavy atom. The molecule has 0 fully saturated rings. The molecule has 0 spiro atoms. The van der Waals surface area contributed by atoms with Gasteiger partial charge in [-0.05, 0) is 31.0 Å². The molecule has 0 radical (unpaired) electrons. The summed E-state index contributed by atoms with van der Waals surface area (Å²) in [5, 5.41) is 4.88. The molecule has 3 rings (SSSR count). The zero-order valence-electron chi connectivity index (χ0n) is 14.4. The van der Waals surface area contributed by atoms with E-state index in [2.05, 4.69) is 10.6 Å². The Labute approximate surface area is 149 Å². The molecule has 134 valence electrons. The van der Waals surface area contributed by atoms with Crippen LogP contribution >= 0.6 is 0 Å². The largest absolute Gasteiger partial charge is 0.384 e. The zero-order chi connectivity index (χ0) is 19.0. The highest BCUT2D eigenvalue weighted by Gasteiger charge is 2.32. The Hall–Kier alpha value is -3.42. The summed E-state index contributed by atoms with van der Waals surface area (Å²) in [7, 11) is 0. The number of benzene rings is 1. The molecule has 8 nitrogen and oxygen atoms in total. The molecular weight excluding hydrogens is 336 g/mol. The highest BCUT2D eigenvalue weighted by molar-refractivity contribution is 6.23. The SMILES string of the molecule is CCCC(=O)Nc1ccc(C)cc1-n1c(N)c2c(cc1=O)C(=O)NC2=O. The minimum atomic E-state index is -0.652. The van der Waals surface area contributed by atoms with Crippen LogP contribution in [0.3, 0.4) is 0 Å². The van der Waals surface area contributed by atoms with Gasteiger partial charge in [-0.2, -0.15) is 0 Å². The normalized spacial score (nSPS) is 12.7. The van der Waals surface area contributed by atoms with Crippen LogP contribution in [0.4, 0.5) is 11.5 Å². The number of nitrogens with one attached hydrogen (secondary N) is 2. The Morgan fingerprint density at radius 2 is 1.92 bits per heavy atom. The number of rotatable bonds is 4. The van der Waals surface area contributed by atoms with E-state index < -0.39 is 17.4 Å². The summed E-state index contributed by atoms with van der Waals surface area (Å²) >= 11 is 0. The van der Waals surface area contributed by atoms with Crippen molar-refractivity contribution < 1.29 is 14.4 Å². The summed E-state index contributed by atoms with van der Waals surface area (Å²) in [4.78, 5) is 48.4. The van der Waals surface area contributed by atoms with Crippen molar-refractivity contribution in [2.75, 3.05) is 11.1 Å². The van der Waals surface area contributed by atoms with Gasteiger partial charge < -0.3 is 11.1 Å². The fraction of sp³-hybridized carbons (Fsp3) is 0.222. The zero-order valence-corrected chi connectivity index (χ0v) is 14.4. The van der Waals surface area contributed by atoms with Gasteiger partial charge in [-0.15, -0.1) is 0 Å². The number of aromatic nitrogens is 1. The number of nitrogens with zero attached hydrogens (tertiary/aromatic N) is 1. The summed E-state index contributed by atoms with van der Waals surface area (Å²) in [6.45, 7) is 3.71. The summed E-state index contributed by atoms with van der Waals surface area (Å²) in [5.41, 5.74) is 6.99. The molecular formula is C18H18N4O4. The Morgan fingerprint density at radius 1 is 1.19 bits per heavy atom. The highest BCUT2D eigenvalue weighted by Crippen LogP contribution is 2.27. The van der Waals surface area contributed by atoms with Crippen molar-refractivity contribution in [3.05, 3.63) is 51.3 Å². The van der Waals surface area contributed by atoms with Gasteiger partial charge in [0.1, 0.15) is 5.82 Å². The van der Waals surface area contributed by atoms with Gasteiger partial charge in [-0.3, -0.25) is 29.1 Å². The summed E-state index contributed by atoms with van der Waals surface area (Å²) in [6, 6.07) is 6.21. The van der Waals surface area contributed by atoms with Crippen LogP contribution in [0, 0.1) is 6.92 Å². The molecule has 26 heavy (non-hydrogen) atoms. The smallest absolute Gasteiger partial charge is 0.262 e. The number of nitrogens with two attached hydrogens (primary N) is 1. The third-order valence-electron chi connectivity index (χ3n) is 4.10. The van der Waals surface area contributed by atoms with Crippen LogP contribution in [0.5, 0.6) is 0 Å². The van der Waals surface area contributed by atoms with Gasteiger partial charge in [0.05, 0.1) is 22.5 Å². The average molecular weight is 354 g/mol. The van der Waals surface area contributed by atoms with Crippen molar-refractivity contribution in [2.45, 2.75) is 26.7 Å². The first-order chi connectivity index (χ1) is 12.3. The lowest BCUT2D eigenvalue weighted by atomic mass is 10.1. The van der Waals surface area contributed by atoms with E-state index in [9.17, 15) is 19.2 Å². The number of fused-ring (bicyclic) bond motifs is 1. The number of carbonyl (C=O) groups is 3. The first-order valence-corrected chi connectivity index (χ1v) is 8.15. The molecule has 1 aromatic carbocycles. The van der Waals surface area contributed by atoms with E-state index >= 15 is 0 Å². The molecule has 0 bridgehead atoms. The molecule has 0 aliphatic carbocycles. The van der Waals surface area contributed by atoms with E-state index in [0.717, 1.165) is 16.2 Å². The number of aryl methyl sites for hydroxylation is 1. The van der Waals surface area contributed by atoms with E-state index in [1.807, 2.05) is 13.8 Å². The van der Waals surface area contributed by atoms with Gasteiger partial charge in [0.2, 0.25) is 5.91 Å². The highest BCUT2D eigenvalue weighted by atomic mass is 16.2. The van der Waals surface area contributed by atoms with E-state index in [1.54, 1.807) is 18.2 Å². The number of carbonyl (C=O) groups excluding carboxylic acids is 3. The number of imide groups is 1. The molecule has 0 saturated heterocycles. The summed E-state index contributed by atoms with van der Waals surface area (Å²) < 4.78 is 1.13. The molecule has 1 aliphatic heterocycles. The van der Waals surface area contributed by atoms with Crippen molar-refractivity contribution in [1.82, 2.24) is 9.88 Å². The molecule has 1 aromatic heterocycles. The molecule has 3 amide bonds. The minimum Gasteiger partial charge on any atom is -0.384 e. The molecule has 2 aromatic rings. The molecule has 2 heterocycles. The predicted octanol–water partition coefficient (Wildman–Crippen LogP) is 1.35. The third-order valence-corrected chi connectivity index (χ3v) is 4.10. The quantitative estimate of drug-likeness (QED) is 0.715. The first kappa shape index (κ1) is 17.4. The number of pyridine rings is 1. The van der Waals surface area contributed by atoms with E-state index in [4.69, 9.17) is 5.73 Å². The number of hydrogen-bond acceptors (Lipinski definition) is 5. The van der Waals surface area contributed by atoms with Crippen molar-refractivity contribution in [3.63, 3.8) is 0 Å². The molecule has 1 aliphatic rings. The van der Waals surface area contributed by atoms with Crippen molar-refractivity contribution >= 4 is 29.2 Å². The van der Waals surface area contributed by atoms with E-state index in [1.165, 1.54) is 0 Å². The third kappa shape index (κ3) is 2.85. The second kappa shape index (κ2) is 6.47. The maximum Gasteiger partial charge on any atom is 0.262 e. The first-order valence-electron chi connectivity index (χ1n) is 8.15.